The zero-order chi connectivity index (χ0) is 16.6. The number of amides is 1. The highest BCUT2D eigenvalue weighted by molar-refractivity contribution is 7.13. The van der Waals surface area contributed by atoms with Gasteiger partial charge in [0.05, 0.1) is 0 Å². The van der Waals surface area contributed by atoms with E-state index in [1.807, 2.05) is 29.3 Å². The molecule has 1 aliphatic heterocycles. The van der Waals surface area contributed by atoms with Crippen molar-refractivity contribution in [2.75, 3.05) is 4.90 Å². The van der Waals surface area contributed by atoms with E-state index in [2.05, 4.69) is 23.0 Å². The molecule has 0 radical (unpaired) electrons. The second-order valence-electron chi connectivity index (χ2n) is 5.63. The minimum atomic E-state index is 0.127. The van der Waals surface area contributed by atoms with Crippen molar-refractivity contribution in [3.05, 3.63) is 29.1 Å². The molecule has 0 saturated carbocycles. The molecule has 0 bridgehead atoms. The van der Waals surface area contributed by atoms with Gasteiger partial charge < -0.3 is 16.4 Å². The van der Waals surface area contributed by atoms with E-state index < -0.39 is 0 Å². The van der Waals surface area contributed by atoms with Crippen LogP contribution in [-0.4, -0.2) is 22.9 Å². The lowest BCUT2D eigenvalue weighted by atomic mass is 10.1. The van der Waals surface area contributed by atoms with Gasteiger partial charge >= 0.3 is 5.96 Å². The quantitative estimate of drug-likeness (QED) is 0.563. The Labute approximate surface area is 138 Å². The monoisotopic (exact) mass is 330 g/mol. The number of guanidine groups is 1. The molecule has 0 spiro atoms. The van der Waals surface area contributed by atoms with Gasteiger partial charge in [0.15, 0.2) is 0 Å². The Morgan fingerprint density at radius 1 is 1.48 bits per heavy atom. The minimum absolute atomic E-state index is 0.127. The number of aromatic nitrogens is 1. The van der Waals surface area contributed by atoms with Gasteiger partial charge in [-0.2, -0.15) is 0 Å². The first kappa shape index (κ1) is 15.5. The van der Waals surface area contributed by atoms with Gasteiger partial charge in [-0.3, -0.25) is 4.79 Å². The van der Waals surface area contributed by atoms with E-state index in [1.54, 1.807) is 0 Å². The molecule has 120 valence electrons. The molecule has 0 unspecified atom stereocenters. The zero-order valence-corrected chi connectivity index (χ0v) is 14.0. The average molecular weight is 330 g/mol. The zero-order valence-electron chi connectivity index (χ0n) is 13.2. The van der Waals surface area contributed by atoms with Crippen LogP contribution >= 0.6 is 11.3 Å². The van der Waals surface area contributed by atoms with Gasteiger partial charge in [0.25, 0.3) is 5.13 Å². The average Bonchev–Trinajstić information content (AvgIpc) is 3.08. The third-order valence-electron chi connectivity index (χ3n) is 3.92. The topological polar surface area (TPSA) is 99.2 Å². The first-order valence-corrected chi connectivity index (χ1v) is 8.43. The first-order chi connectivity index (χ1) is 11.0. The molecule has 7 heteroatoms. The second-order valence-corrected chi connectivity index (χ2v) is 6.49. The van der Waals surface area contributed by atoms with Gasteiger partial charge in [-0.15, -0.1) is 4.98 Å². The predicted molar refractivity (Wildman–Crippen MR) is 92.5 cm³/mol. The molecular weight excluding hydrogens is 310 g/mol. The fourth-order valence-electron chi connectivity index (χ4n) is 2.93. The van der Waals surface area contributed by atoms with Crippen LogP contribution in [0.5, 0.6) is 0 Å². The van der Waals surface area contributed by atoms with E-state index in [0.717, 1.165) is 23.4 Å². The van der Waals surface area contributed by atoms with Crippen LogP contribution < -0.4 is 21.4 Å². The van der Waals surface area contributed by atoms with Crippen LogP contribution in [0.1, 0.15) is 25.8 Å². The van der Waals surface area contributed by atoms with Gasteiger partial charge in [0.2, 0.25) is 5.91 Å². The number of anilines is 1. The van der Waals surface area contributed by atoms with Crippen LogP contribution in [0, 0.1) is 0 Å². The van der Waals surface area contributed by atoms with Crippen molar-refractivity contribution in [3.63, 3.8) is 0 Å². The highest BCUT2D eigenvalue weighted by Gasteiger charge is 2.30. The van der Waals surface area contributed by atoms with E-state index in [9.17, 15) is 4.79 Å². The number of nitrogens with two attached hydrogens (primary N) is 2. The number of thiazole rings is 1. The highest BCUT2D eigenvalue weighted by Crippen LogP contribution is 2.36. The fraction of sp³-hybridized carbons (Fsp3) is 0.312. The SMILES string of the molecule is CCC(=O)N1c2ccc(-c3csc([NH+]=C(N)N)n3)cc2C[C@H]1C. The van der Waals surface area contributed by atoms with Gasteiger partial charge in [0.1, 0.15) is 5.69 Å². The minimum Gasteiger partial charge on any atom is -0.311 e. The lowest BCUT2D eigenvalue weighted by Gasteiger charge is -2.22. The maximum atomic E-state index is 12.1. The smallest absolute Gasteiger partial charge is 0.303 e. The lowest BCUT2D eigenvalue weighted by Crippen LogP contribution is -2.72. The van der Waals surface area contributed by atoms with Crippen LogP contribution in [0.15, 0.2) is 23.6 Å². The van der Waals surface area contributed by atoms with Crippen molar-refractivity contribution in [1.29, 1.82) is 0 Å². The summed E-state index contributed by atoms with van der Waals surface area (Å²) in [5, 5.41) is 2.62. The number of hydrogen-bond acceptors (Lipinski definition) is 3. The van der Waals surface area contributed by atoms with Crippen molar-refractivity contribution in [1.82, 2.24) is 4.98 Å². The second kappa shape index (κ2) is 6.00. The third-order valence-corrected chi connectivity index (χ3v) is 4.68. The van der Waals surface area contributed by atoms with Gasteiger partial charge in [-0.05, 0) is 37.1 Å². The fourth-order valence-corrected chi connectivity index (χ4v) is 3.67. The molecule has 0 fully saturated rings. The lowest BCUT2D eigenvalue weighted by molar-refractivity contribution is -0.355. The summed E-state index contributed by atoms with van der Waals surface area (Å²) >= 11 is 1.45. The number of nitrogens with zero attached hydrogens (tertiary/aromatic N) is 2. The molecule has 0 saturated heterocycles. The Morgan fingerprint density at radius 3 is 2.96 bits per heavy atom. The largest absolute Gasteiger partial charge is 0.311 e. The summed E-state index contributed by atoms with van der Waals surface area (Å²) in [6.45, 7) is 3.98. The van der Waals surface area contributed by atoms with Crippen molar-refractivity contribution < 1.29 is 9.79 Å². The Balaban J connectivity index is 1.94. The number of nitrogens with one attached hydrogen (secondary N) is 1. The predicted octanol–water partition coefficient (Wildman–Crippen LogP) is 0.483. The summed E-state index contributed by atoms with van der Waals surface area (Å²) in [7, 11) is 0. The molecular formula is C16H20N5OS+. The van der Waals surface area contributed by atoms with Gasteiger partial charge in [0, 0.05) is 29.1 Å². The summed E-state index contributed by atoms with van der Waals surface area (Å²) in [5.41, 5.74) is 15.0. The highest BCUT2D eigenvalue weighted by atomic mass is 32.1. The molecule has 1 aromatic heterocycles. The van der Waals surface area contributed by atoms with Crippen LogP contribution in [0.2, 0.25) is 0 Å². The molecule has 23 heavy (non-hydrogen) atoms. The molecule has 2 aromatic rings. The first-order valence-electron chi connectivity index (χ1n) is 7.55. The summed E-state index contributed by atoms with van der Waals surface area (Å²) in [5.74, 6) is 0.292. The number of fused-ring (bicyclic) bond motifs is 1. The van der Waals surface area contributed by atoms with Crippen LogP contribution in [0.3, 0.4) is 0 Å². The molecule has 2 heterocycles. The number of rotatable bonds is 3. The van der Waals surface area contributed by atoms with Crippen LogP contribution in [0.25, 0.3) is 11.3 Å². The molecule has 3 rings (SSSR count). The molecule has 1 aromatic carbocycles. The van der Waals surface area contributed by atoms with Crippen molar-refractivity contribution in [2.45, 2.75) is 32.7 Å². The van der Waals surface area contributed by atoms with Crippen molar-refractivity contribution >= 4 is 34.0 Å². The molecule has 0 aliphatic carbocycles. The summed E-state index contributed by atoms with van der Waals surface area (Å²) < 4.78 is 0. The Bertz CT molecular complexity index is 779. The van der Waals surface area contributed by atoms with Crippen molar-refractivity contribution in [2.24, 2.45) is 11.5 Å². The van der Waals surface area contributed by atoms with Crippen LogP contribution in [0.4, 0.5) is 10.8 Å². The molecule has 1 aliphatic rings. The van der Waals surface area contributed by atoms with Gasteiger partial charge in [-0.25, -0.2) is 4.99 Å². The van der Waals surface area contributed by atoms with E-state index in [0.29, 0.717) is 11.6 Å². The molecule has 1 amide bonds. The maximum absolute atomic E-state index is 12.1. The summed E-state index contributed by atoms with van der Waals surface area (Å²) in [4.78, 5) is 21.3. The number of carbonyl (C=O) groups is 1. The Kier molecular flexibility index (Phi) is 4.04. The third kappa shape index (κ3) is 2.92. The van der Waals surface area contributed by atoms with E-state index in [4.69, 9.17) is 11.5 Å². The van der Waals surface area contributed by atoms with Gasteiger partial charge in [-0.1, -0.05) is 18.3 Å². The molecule has 5 N–H and O–H groups in total. The molecule has 6 nitrogen and oxygen atoms in total. The van der Waals surface area contributed by atoms with Crippen molar-refractivity contribution in [3.8, 4) is 11.3 Å². The van der Waals surface area contributed by atoms with Crippen LogP contribution in [-0.2, 0) is 11.2 Å². The number of hydrogen-bond donors (Lipinski definition) is 3. The molecule has 1 atom stereocenters. The Hall–Kier alpha value is -2.41. The maximum Gasteiger partial charge on any atom is 0.303 e. The van der Waals surface area contributed by atoms with E-state index >= 15 is 0 Å². The Morgan fingerprint density at radius 2 is 2.26 bits per heavy atom. The van der Waals surface area contributed by atoms with E-state index in [1.165, 1.54) is 16.9 Å². The van der Waals surface area contributed by atoms with E-state index in [-0.39, 0.29) is 17.9 Å². The summed E-state index contributed by atoms with van der Waals surface area (Å²) in [6, 6.07) is 6.33. The standard InChI is InChI=1S/C16H19N5OS/c1-3-14(22)21-9(2)6-11-7-10(4-5-13(11)21)12-8-23-16(19-12)20-15(17)18/h4-5,7-9H,3,6H2,1-2H3,(H4,17,18,19,20)/p+1/t9-/m1/s1. The number of benzene rings is 1. The number of carbonyl (C=O) groups excluding carboxylic acids is 1. The normalized spacial score (nSPS) is 16.3. The summed E-state index contributed by atoms with van der Waals surface area (Å²) in [6.07, 6.45) is 1.39.